The zero-order chi connectivity index (χ0) is 13.6. The number of hydrogen-bond acceptors (Lipinski definition) is 4. The molecule has 0 saturated heterocycles. The fraction of sp³-hybridized carbons (Fsp3) is 0.714. The first kappa shape index (κ1) is 14.7. The minimum atomic E-state index is -0.524. The van der Waals surface area contributed by atoms with Gasteiger partial charge in [0.25, 0.3) is 0 Å². The van der Waals surface area contributed by atoms with E-state index < -0.39 is 11.9 Å². The monoisotopic (exact) mass is 254 g/mol. The lowest BCUT2D eigenvalue weighted by molar-refractivity contribution is -0.154. The van der Waals surface area contributed by atoms with Crippen LogP contribution in [0.4, 0.5) is 0 Å². The van der Waals surface area contributed by atoms with Crippen LogP contribution in [-0.2, 0) is 19.1 Å². The zero-order valence-corrected chi connectivity index (χ0v) is 11.5. The molecular weight excluding hydrogens is 232 g/mol. The third-order valence-electron chi connectivity index (χ3n) is 2.97. The number of carbonyl (C=O) groups is 2. The molecule has 0 aromatic heterocycles. The molecule has 0 N–H and O–H groups in total. The van der Waals surface area contributed by atoms with Gasteiger partial charge in [-0.15, -0.1) is 0 Å². The molecule has 102 valence electrons. The number of allylic oxidation sites excluding steroid dienone is 1. The van der Waals surface area contributed by atoms with Gasteiger partial charge in [0.2, 0.25) is 0 Å². The van der Waals surface area contributed by atoms with Crippen LogP contribution in [0, 0.1) is 5.41 Å². The van der Waals surface area contributed by atoms with Crippen molar-refractivity contribution in [2.24, 2.45) is 5.41 Å². The van der Waals surface area contributed by atoms with Gasteiger partial charge in [0.05, 0.1) is 13.2 Å². The third kappa shape index (κ3) is 5.34. The lowest BCUT2D eigenvalue weighted by Crippen LogP contribution is -2.14. The van der Waals surface area contributed by atoms with Gasteiger partial charge in [-0.3, -0.25) is 9.59 Å². The number of ether oxygens (including phenoxy) is 2. The van der Waals surface area contributed by atoms with Crippen molar-refractivity contribution < 1.29 is 19.1 Å². The Morgan fingerprint density at radius 3 is 2.50 bits per heavy atom. The molecule has 18 heavy (non-hydrogen) atoms. The summed E-state index contributed by atoms with van der Waals surface area (Å²) in [6.45, 7) is 6.74. The van der Waals surface area contributed by atoms with E-state index in [9.17, 15) is 9.59 Å². The first-order valence-corrected chi connectivity index (χ1v) is 6.45. The lowest BCUT2D eigenvalue weighted by atomic mass is 9.94. The van der Waals surface area contributed by atoms with Gasteiger partial charge in [0.15, 0.2) is 0 Å². The molecule has 0 atom stereocenters. The van der Waals surface area contributed by atoms with Gasteiger partial charge in [-0.2, -0.15) is 0 Å². The van der Waals surface area contributed by atoms with E-state index in [0.717, 1.165) is 19.3 Å². The van der Waals surface area contributed by atoms with Crippen LogP contribution in [0.3, 0.4) is 0 Å². The molecular formula is C14H22O4. The van der Waals surface area contributed by atoms with E-state index in [0.29, 0.717) is 6.61 Å². The molecule has 0 bridgehead atoms. The van der Waals surface area contributed by atoms with Gasteiger partial charge < -0.3 is 9.47 Å². The summed E-state index contributed by atoms with van der Waals surface area (Å²) in [6, 6.07) is 0. The summed E-state index contributed by atoms with van der Waals surface area (Å²) < 4.78 is 9.68. The Kier molecular flexibility index (Phi) is 5.38. The van der Waals surface area contributed by atoms with Crippen molar-refractivity contribution in [1.82, 2.24) is 0 Å². The molecule has 0 amide bonds. The van der Waals surface area contributed by atoms with Crippen LogP contribution in [0.2, 0.25) is 0 Å². The van der Waals surface area contributed by atoms with E-state index in [-0.39, 0.29) is 18.4 Å². The quantitative estimate of drug-likeness (QED) is 0.415. The molecule has 0 aromatic carbocycles. The molecule has 0 radical (unpaired) electrons. The molecule has 1 aliphatic carbocycles. The van der Waals surface area contributed by atoms with Crippen LogP contribution < -0.4 is 0 Å². The average molecular weight is 254 g/mol. The second kappa shape index (κ2) is 6.57. The normalized spacial score (nSPS) is 17.2. The van der Waals surface area contributed by atoms with Crippen LogP contribution in [0.5, 0.6) is 0 Å². The molecule has 0 aliphatic heterocycles. The number of esters is 2. The van der Waals surface area contributed by atoms with Crippen molar-refractivity contribution in [2.75, 3.05) is 13.2 Å². The van der Waals surface area contributed by atoms with Crippen LogP contribution in [-0.4, -0.2) is 25.2 Å². The van der Waals surface area contributed by atoms with Gasteiger partial charge in [-0.1, -0.05) is 25.5 Å². The van der Waals surface area contributed by atoms with Gasteiger partial charge in [0, 0.05) is 6.42 Å². The Morgan fingerprint density at radius 1 is 1.28 bits per heavy atom. The summed E-state index contributed by atoms with van der Waals surface area (Å²) in [5, 5.41) is 0. The Bertz CT molecular complexity index is 342. The molecule has 0 aromatic rings. The van der Waals surface area contributed by atoms with Crippen molar-refractivity contribution >= 4 is 11.9 Å². The second-order valence-corrected chi connectivity index (χ2v) is 5.24. The predicted molar refractivity (Wildman–Crippen MR) is 67.9 cm³/mol. The maximum absolute atomic E-state index is 11.3. The van der Waals surface area contributed by atoms with Crippen LogP contribution in [0.15, 0.2) is 11.6 Å². The van der Waals surface area contributed by atoms with Crippen molar-refractivity contribution in [2.45, 2.75) is 46.5 Å². The summed E-state index contributed by atoms with van der Waals surface area (Å²) in [6.07, 6.45) is 4.95. The smallest absolute Gasteiger partial charge is 0.317 e. The van der Waals surface area contributed by atoms with E-state index in [1.165, 1.54) is 5.57 Å². The fourth-order valence-electron chi connectivity index (χ4n) is 2.05. The van der Waals surface area contributed by atoms with Crippen molar-refractivity contribution in [3.8, 4) is 0 Å². The van der Waals surface area contributed by atoms with E-state index in [2.05, 4.69) is 24.7 Å². The van der Waals surface area contributed by atoms with Crippen molar-refractivity contribution in [3.05, 3.63) is 11.6 Å². The van der Waals surface area contributed by atoms with Gasteiger partial charge >= 0.3 is 11.9 Å². The highest BCUT2D eigenvalue weighted by Gasteiger charge is 2.22. The lowest BCUT2D eigenvalue weighted by Gasteiger charge is -2.11. The van der Waals surface area contributed by atoms with E-state index in [1.54, 1.807) is 6.92 Å². The van der Waals surface area contributed by atoms with Crippen LogP contribution >= 0.6 is 0 Å². The molecule has 0 unspecified atom stereocenters. The van der Waals surface area contributed by atoms with Crippen LogP contribution in [0.25, 0.3) is 0 Å². The molecule has 4 nitrogen and oxygen atoms in total. The Balaban J connectivity index is 2.18. The minimum absolute atomic E-state index is 0.268. The number of carbonyl (C=O) groups excluding carboxylic acids is 2. The highest BCUT2D eigenvalue weighted by molar-refractivity contribution is 5.91. The maximum atomic E-state index is 11.3. The summed E-state index contributed by atoms with van der Waals surface area (Å²) in [4.78, 5) is 22.3. The second-order valence-electron chi connectivity index (χ2n) is 5.24. The number of hydrogen-bond donors (Lipinski definition) is 0. The zero-order valence-electron chi connectivity index (χ0n) is 11.5. The SMILES string of the molecule is CCOC(=O)CC(=O)OCCC1=CC(C)(C)CC1. The first-order chi connectivity index (χ1) is 8.43. The molecule has 0 saturated carbocycles. The Labute approximate surface area is 108 Å². The summed E-state index contributed by atoms with van der Waals surface area (Å²) in [5.41, 5.74) is 1.61. The van der Waals surface area contributed by atoms with Crippen molar-refractivity contribution in [3.63, 3.8) is 0 Å². The van der Waals surface area contributed by atoms with Crippen LogP contribution in [0.1, 0.15) is 46.5 Å². The topological polar surface area (TPSA) is 52.6 Å². The van der Waals surface area contributed by atoms with E-state index in [4.69, 9.17) is 4.74 Å². The number of rotatable bonds is 6. The fourth-order valence-corrected chi connectivity index (χ4v) is 2.05. The standard InChI is InChI=1S/C14H22O4/c1-4-17-12(15)9-13(16)18-8-6-11-5-7-14(2,3)10-11/h10H,4-9H2,1-3H3. The molecule has 4 heteroatoms. The highest BCUT2D eigenvalue weighted by atomic mass is 16.6. The van der Waals surface area contributed by atoms with Gasteiger partial charge in [-0.05, 0) is 25.2 Å². The summed E-state index contributed by atoms with van der Waals surface area (Å²) in [5.74, 6) is -1.03. The van der Waals surface area contributed by atoms with Crippen molar-refractivity contribution in [1.29, 1.82) is 0 Å². The predicted octanol–water partition coefficient (Wildman–Crippen LogP) is 2.62. The average Bonchev–Trinajstić information content (AvgIpc) is 2.58. The molecule has 1 aliphatic rings. The maximum Gasteiger partial charge on any atom is 0.317 e. The third-order valence-corrected chi connectivity index (χ3v) is 2.97. The first-order valence-electron chi connectivity index (χ1n) is 6.45. The molecule has 0 spiro atoms. The van der Waals surface area contributed by atoms with Gasteiger partial charge in [-0.25, -0.2) is 0 Å². The Hall–Kier alpha value is -1.32. The molecule has 0 fully saturated rings. The summed E-state index contributed by atoms with van der Waals surface area (Å²) >= 11 is 0. The largest absolute Gasteiger partial charge is 0.466 e. The Morgan fingerprint density at radius 2 is 1.94 bits per heavy atom. The highest BCUT2D eigenvalue weighted by Crippen LogP contribution is 2.36. The van der Waals surface area contributed by atoms with Gasteiger partial charge in [0.1, 0.15) is 6.42 Å². The minimum Gasteiger partial charge on any atom is -0.466 e. The van der Waals surface area contributed by atoms with E-state index in [1.807, 2.05) is 0 Å². The molecule has 0 heterocycles. The van der Waals surface area contributed by atoms with E-state index >= 15 is 0 Å². The summed E-state index contributed by atoms with van der Waals surface area (Å²) in [7, 11) is 0. The molecule has 1 rings (SSSR count).